The lowest BCUT2D eigenvalue weighted by molar-refractivity contribution is -0.147. The number of aromatic nitrogens is 2. The van der Waals surface area contributed by atoms with E-state index in [1.807, 2.05) is 13.8 Å². The normalized spacial score (nSPS) is 12.0. The molecule has 2 rings (SSSR count). The highest BCUT2D eigenvalue weighted by molar-refractivity contribution is 5.78. The maximum absolute atomic E-state index is 13.1. The standard InChI is InChI=1S/C15H17F3N2O2/c1-9-7-11-12(8-10(9)2)20(6-4-3-5-13(21)22)14(19-11)15(16,17)18/h7-8H,3-6H2,1-2H3,(H,21,22). The van der Waals surface area contributed by atoms with Crippen molar-refractivity contribution in [1.82, 2.24) is 9.55 Å². The number of imidazole rings is 1. The summed E-state index contributed by atoms with van der Waals surface area (Å²) in [4.78, 5) is 14.2. The van der Waals surface area contributed by atoms with Crippen LogP contribution in [0.25, 0.3) is 11.0 Å². The van der Waals surface area contributed by atoms with Gasteiger partial charge in [-0.3, -0.25) is 4.79 Å². The summed E-state index contributed by atoms with van der Waals surface area (Å²) in [6.45, 7) is 3.76. The molecule has 120 valence electrons. The molecular formula is C15H17F3N2O2. The molecule has 0 amide bonds. The summed E-state index contributed by atoms with van der Waals surface area (Å²) in [5.74, 6) is -1.87. The van der Waals surface area contributed by atoms with Gasteiger partial charge in [0.05, 0.1) is 11.0 Å². The van der Waals surface area contributed by atoms with E-state index in [0.29, 0.717) is 23.9 Å². The zero-order chi connectivity index (χ0) is 16.5. The van der Waals surface area contributed by atoms with Gasteiger partial charge in [-0.15, -0.1) is 0 Å². The van der Waals surface area contributed by atoms with Crippen molar-refractivity contribution in [2.24, 2.45) is 0 Å². The second-order valence-electron chi connectivity index (χ2n) is 5.36. The minimum atomic E-state index is -4.53. The molecule has 1 N–H and O–H groups in total. The van der Waals surface area contributed by atoms with Crippen LogP contribution in [0.1, 0.15) is 36.2 Å². The molecule has 22 heavy (non-hydrogen) atoms. The highest BCUT2D eigenvalue weighted by Gasteiger charge is 2.37. The van der Waals surface area contributed by atoms with Gasteiger partial charge in [-0.25, -0.2) is 4.98 Å². The van der Waals surface area contributed by atoms with Crippen LogP contribution in [0.5, 0.6) is 0 Å². The van der Waals surface area contributed by atoms with Crippen LogP contribution in [0.15, 0.2) is 12.1 Å². The van der Waals surface area contributed by atoms with Gasteiger partial charge in [-0.1, -0.05) is 0 Å². The van der Waals surface area contributed by atoms with Crippen molar-refractivity contribution in [3.8, 4) is 0 Å². The Morgan fingerprint density at radius 3 is 2.45 bits per heavy atom. The number of rotatable bonds is 5. The quantitative estimate of drug-likeness (QED) is 0.851. The molecule has 0 saturated carbocycles. The smallest absolute Gasteiger partial charge is 0.449 e. The maximum Gasteiger partial charge on any atom is 0.449 e. The van der Waals surface area contributed by atoms with Gasteiger partial charge in [0, 0.05) is 13.0 Å². The molecule has 1 aromatic carbocycles. The van der Waals surface area contributed by atoms with Crippen molar-refractivity contribution >= 4 is 17.0 Å². The fourth-order valence-electron chi connectivity index (χ4n) is 2.37. The predicted octanol–water partition coefficient (Wildman–Crippen LogP) is 3.93. The molecule has 0 radical (unpaired) electrons. The van der Waals surface area contributed by atoms with Crippen LogP contribution in [-0.2, 0) is 17.5 Å². The number of hydrogen-bond acceptors (Lipinski definition) is 2. The van der Waals surface area contributed by atoms with E-state index >= 15 is 0 Å². The Kier molecular flexibility index (Phi) is 4.44. The van der Waals surface area contributed by atoms with Crippen molar-refractivity contribution in [1.29, 1.82) is 0 Å². The van der Waals surface area contributed by atoms with Gasteiger partial charge in [-0.2, -0.15) is 13.2 Å². The third kappa shape index (κ3) is 3.40. The van der Waals surface area contributed by atoms with Crippen LogP contribution in [0.4, 0.5) is 13.2 Å². The number of unbranched alkanes of at least 4 members (excludes halogenated alkanes) is 1. The first-order valence-corrected chi connectivity index (χ1v) is 6.96. The SMILES string of the molecule is Cc1cc2nc(C(F)(F)F)n(CCCCC(=O)O)c2cc1C. The molecule has 0 aliphatic carbocycles. The van der Waals surface area contributed by atoms with E-state index in [4.69, 9.17) is 5.11 Å². The number of fused-ring (bicyclic) bond motifs is 1. The van der Waals surface area contributed by atoms with E-state index in [2.05, 4.69) is 4.98 Å². The number of aliphatic carboxylic acids is 1. The largest absolute Gasteiger partial charge is 0.481 e. The van der Waals surface area contributed by atoms with E-state index in [-0.39, 0.29) is 13.0 Å². The lowest BCUT2D eigenvalue weighted by atomic mass is 10.1. The Hall–Kier alpha value is -2.05. The lowest BCUT2D eigenvalue weighted by Crippen LogP contribution is -2.15. The monoisotopic (exact) mass is 314 g/mol. The number of aryl methyl sites for hydroxylation is 3. The van der Waals surface area contributed by atoms with Crippen LogP contribution in [0.2, 0.25) is 0 Å². The van der Waals surface area contributed by atoms with Crippen molar-refractivity contribution in [3.05, 3.63) is 29.1 Å². The summed E-state index contributed by atoms with van der Waals surface area (Å²) in [5, 5.41) is 8.59. The topological polar surface area (TPSA) is 55.1 Å². The molecule has 0 atom stereocenters. The molecule has 0 spiro atoms. The van der Waals surface area contributed by atoms with Crippen LogP contribution in [-0.4, -0.2) is 20.6 Å². The molecule has 1 heterocycles. The van der Waals surface area contributed by atoms with Gasteiger partial charge in [0.1, 0.15) is 0 Å². The summed E-state index contributed by atoms with van der Waals surface area (Å²) < 4.78 is 40.6. The molecule has 4 nitrogen and oxygen atoms in total. The zero-order valence-corrected chi connectivity index (χ0v) is 12.4. The number of carbonyl (C=O) groups is 1. The Labute approximate surface area is 125 Å². The van der Waals surface area contributed by atoms with Crippen LogP contribution in [0.3, 0.4) is 0 Å². The minimum absolute atomic E-state index is 0.0495. The highest BCUT2D eigenvalue weighted by atomic mass is 19.4. The van der Waals surface area contributed by atoms with E-state index in [9.17, 15) is 18.0 Å². The van der Waals surface area contributed by atoms with Gasteiger partial charge in [0.2, 0.25) is 5.82 Å². The first-order chi connectivity index (χ1) is 10.2. The fourth-order valence-corrected chi connectivity index (χ4v) is 2.37. The molecule has 0 fully saturated rings. The molecular weight excluding hydrogens is 297 g/mol. The summed E-state index contributed by atoms with van der Waals surface area (Å²) in [6, 6.07) is 3.34. The second kappa shape index (κ2) is 5.98. The van der Waals surface area contributed by atoms with E-state index in [1.165, 1.54) is 0 Å². The van der Waals surface area contributed by atoms with Crippen molar-refractivity contribution in [2.45, 2.75) is 45.8 Å². The van der Waals surface area contributed by atoms with E-state index in [1.54, 1.807) is 12.1 Å². The molecule has 7 heteroatoms. The van der Waals surface area contributed by atoms with Gasteiger partial charge in [-0.05, 0) is 49.9 Å². The molecule has 2 aromatic rings. The molecule has 0 aliphatic rings. The summed E-state index contributed by atoms with van der Waals surface area (Å²) in [7, 11) is 0. The van der Waals surface area contributed by atoms with Crippen LogP contribution in [0, 0.1) is 13.8 Å². The number of alkyl halides is 3. The molecule has 0 bridgehead atoms. The first kappa shape index (κ1) is 16.3. The highest BCUT2D eigenvalue weighted by Crippen LogP contribution is 2.32. The maximum atomic E-state index is 13.1. The van der Waals surface area contributed by atoms with Gasteiger partial charge in [0.15, 0.2) is 0 Å². The third-order valence-corrected chi connectivity index (χ3v) is 3.64. The van der Waals surface area contributed by atoms with Gasteiger partial charge < -0.3 is 9.67 Å². The van der Waals surface area contributed by atoms with Gasteiger partial charge in [0.25, 0.3) is 0 Å². The minimum Gasteiger partial charge on any atom is -0.481 e. The van der Waals surface area contributed by atoms with Gasteiger partial charge >= 0.3 is 12.1 Å². The average molecular weight is 314 g/mol. The van der Waals surface area contributed by atoms with E-state index in [0.717, 1.165) is 15.7 Å². The molecule has 0 aliphatic heterocycles. The lowest BCUT2D eigenvalue weighted by Gasteiger charge is -2.11. The number of carboxylic acids is 1. The number of hydrogen-bond donors (Lipinski definition) is 1. The van der Waals surface area contributed by atoms with Crippen molar-refractivity contribution < 1.29 is 23.1 Å². The number of halogens is 3. The van der Waals surface area contributed by atoms with E-state index < -0.39 is 18.0 Å². The second-order valence-corrected chi connectivity index (χ2v) is 5.36. The molecule has 0 saturated heterocycles. The summed E-state index contributed by atoms with van der Waals surface area (Å²) >= 11 is 0. The zero-order valence-electron chi connectivity index (χ0n) is 12.4. The molecule has 0 unspecified atom stereocenters. The average Bonchev–Trinajstić information content (AvgIpc) is 2.73. The third-order valence-electron chi connectivity index (χ3n) is 3.64. The fraction of sp³-hybridized carbons (Fsp3) is 0.467. The number of nitrogens with zero attached hydrogens (tertiary/aromatic N) is 2. The Morgan fingerprint density at radius 2 is 1.86 bits per heavy atom. The summed E-state index contributed by atoms with van der Waals surface area (Å²) in [5.41, 5.74) is 2.53. The molecule has 1 aromatic heterocycles. The Morgan fingerprint density at radius 1 is 1.23 bits per heavy atom. The van der Waals surface area contributed by atoms with Crippen LogP contribution < -0.4 is 0 Å². The van der Waals surface area contributed by atoms with Crippen molar-refractivity contribution in [3.63, 3.8) is 0 Å². The van der Waals surface area contributed by atoms with Crippen molar-refractivity contribution in [2.75, 3.05) is 0 Å². The summed E-state index contributed by atoms with van der Waals surface area (Å²) in [6.07, 6.45) is -3.90. The Balaban J connectivity index is 2.39. The first-order valence-electron chi connectivity index (χ1n) is 6.96. The van der Waals surface area contributed by atoms with Crippen LogP contribution >= 0.6 is 0 Å². The Bertz CT molecular complexity index is 705. The predicted molar refractivity (Wildman–Crippen MR) is 75.7 cm³/mol. The number of carboxylic acid groups (broad SMARTS) is 1. The number of benzene rings is 1.